The molecule has 1 saturated carbocycles. The van der Waals surface area contributed by atoms with Gasteiger partial charge in [-0.2, -0.15) is 0 Å². The maximum atomic E-state index is 12.1. The Kier molecular flexibility index (Phi) is 7.56. The number of hydrogen-bond acceptors (Lipinski definition) is 4. The molecule has 0 aliphatic heterocycles. The number of rotatable bonds is 8. The predicted octanol–water partition coefficient (Wildman–Crippen LogP) is 1.94. The first-order valence-corrected chi connectivity index (χ1v) is 8.30. The molecule has 0 heterocycles. The molecular formula is C14H24N2O4S. The average molecular weight is 316 g/mol. The van der Waals surface area contributed by atoms with Gasteiger partial charge in [0.2, 0.25) is 0 Å². The highest BCUT2D eigenvalue weighted by Crippen LogP contribution is 2.29. The van der Waals surface area contributed by atoms with Gasteiger partial charge in [0.1, 0.15) is 6.04 Å². The molecule has 1 aliphatic carbocycles. The lowest BCUT2D eigenvalue weighted by atomic mass is 9.83. The maximum Gasteiger partial charge on any atom is 0.325 e. The van der Waals surface area contributed by atoms with Gasteiger partial charge >= 0.3 is 12.0 Å². The molecule has 0 spiro atoms. The third-order valence-corrected chi connectivity index (χ3v) is 4.49. The van der Waals surface area contributed by atoms with E-state index >= 15 is 0 Å². The van der Waals surface area contributed by atoms with Crippen LogP contribution in [0.4, 0.5) is 4.79 Å². The summed E-state index contributed by atoms with van der Waals surface area (Å²) in [5.74, 6) is 0.160. The predicted molar refractivity (Wildman–Crippen MR) is 82.3 cm³/mol. The Morgan fingerprint density at radius 1 is 1.33 bits per heavy atom. The number of nitrogens with one attached hydrogen (secondary N) is 1. The molecule has 2 N–H and O–H groups in total. The summed E-state index contributed by atoms with van der Waals surface area (Å²) < 4.78 is 0. The van der Waals surface area contributed by atoms with Gasteiger partial charge in [0.25, 0.3) is 0 Å². The van der Waals surface area contributed by atoms with Gasteiger partial charge in [-0.25, -0.2) is 4.79 Å². The fourth-order valence-corrected chi connectivity index (χ4v) is 2.67. The van der Waals surface area contributed by atoms with E-state index in [1.54, 1.807) is 4.90 Å². The standard InChI is InChI=1S/C14H24N2O4S/c1-10(13(18)19)15-14(20)16(8-9-21-11(2)17)7-6-12-4-3-5-12/h10,12H,3-9H2,1-2H3,(H,15,20)(H,18,19). The van der Waals surface area contributed by atoms with Crippen LogP contribution in [0.5, 0.6) is 0 Å². The van der Waals surface area contributed by atoms with Crippen LogP contribution in [0.25, 0.3) is 0 Å². The molecule has 7 heteroatoms. The van der Waals surface area contributed by atoms with Crippen molar-refractivity contribution in [1.29, 1.82) is 0 Å². The average Bonchev–Trinajstić information content (AvgIpc) is 2.34. The highest BCUT2D eigenvalue weighted by atomic mass is 32.2. The van der Waals surface area contributed by atoms with Crippen molar-refractivity contribution in [2.75, 3.05) is 18.8 Å². The van der Waals surface area contributed by atoms with Gasteiger partial charge in [-0.3, -0.25) is 9.59 Å². The molecule has 0 aromatic carbocycles. The summed E-state index contributed by atoms with van der Waals surface area (Å²) in [6.45, 7) is 4.00. The summed E-state index contributed by atoms with van der Waals surface area (Å²) in [7, 11) is 0. The molecule has 0 aromatic rings. The Hall–Kier alpha value is -1.24. The molecule has 1 rings (SSSR count). The minimum Gasteiger partial charge on any atom is -0.480 e. The second-order valence-electron chi connectivity index (χ2n) is 5.42. The van der Waals surface area contributed by atoms with Crippen LogP contribution in [-0.4, -0.2) is 52.0 Å². The topological polar surface area (TPSA) is 86.7 Å². The lowest BCUT2D eigenvalue weighted by Crippen LogP contribution is -2.48. The van der Waals surface area contributed by atoms with Gasteiger partial charge in [-0.1, -0.05) is 31.0 Å². The number of carbonyl (C=O) groups excluding carboxylic acids is 2. The van der Waals surface area contributed by atoms with E-state index in [4.69, 9.17) is 5.11 Å². The second kappa shape index (κ2) is 8.92. The molecule has 1 atom stereocenters. The van der Waals surface area contributed by atoms with E-state index in [0.717, 1.165) is 6.42 Å². The molecule has 0 radical (unpaired) electrons. The van der Waals surface area contributed by atoms with Gasteiger partial charge in [0.15, 0.2) is 5.12 Å². The maximum absolute atomic E-state index is 12.1. The van der Waals surface area contributed by atoms with Crippen LogP contribution in [0.15, 0.2) is 0 Å². The number of aliphatic carboxylic acids is 1. The fourth-order valence-electron chi connectivity index (χ4n) is 2.07. The largest absolute Gasteiger partial charge is 0.480 e. The number of nitrogens with zero attached hydrogens (tertiary/aromatic N) is 1. The molecule has 1 unspecified atom stereocenters. The van der Waals surface area contributed by atoms with Crippen LogP contribution >= 0.6 is 11.8 Å². The first kappa shape index (κ1) is 17.8. The Balaban J connectivity index is 2.45. The Morgan fingerprint density at radius 3 is 2.48 bits per heavy atom. The van der Waals surface area contributed by atoms with Gasteiger partial charge < -0.3 is 15.3 Å². The van der Waals surface area contributed by atoms with E-state index in [2.05, 4.69) is 5.32 Å². The monoisotopic (exact) mass is 316 g/mol. The van der Waals surface area contributed by atoms with Crippen LogP contribution in [0.1, 0.15) is 39.5 Å². The highest BCUT2D eigenvalue weighted by molar-refractivity contribution is 8.13. The zero-order chi connectivity index (χ0) is 15.8. The minimum atomic E-state index is -1.06. The lowest BCUT2D eigenvalue weighted by Gasteiger charge is -2.30. The van der Waals surface area contributed by atoms with Gasteiger partial charge in [0.05, 0.1) is 0 Å². The van der Waals surface area contributed by atoms with Crippen LogP contribution in [0.2, 0.25) is 0 Å². The van der Waals surface area contributed by atoms with Crippen LogP contribution < -0.4 is 5.32 Å². The fraction of sp³-hybridized carbons (Fsp3) is 0.786. The lowest BCUT2D eigenvalue weighted by molar-refractivity contribution is -0.138. The van der Waals surface area contributed by atoms with E-state index in [9.17, 15) is 14.4 Å². The zero-order valence-corrected chi connectivity index (χ0v) is 13.4. The molecule has 21 heavy (non-hydrogen) atoms. The first-order chi connectivity index (χ1) is 9.90. The molecular weight excluding hydrogens is 292 g/mol. The number of hydrogen-bond donors (Lipinski definition) is 2. The molecule has 1 fully saturated rings. The van der Waals surface area contributed by atoms with E-state index in [1.807, 2.05) is 0 Å². The number of urea groups is 1. The van der Waals surface area contributed by atoms with E-state index in [1.165, 1.54) is 44.9 Å². The number of carboxylic acid groups (broad SMARTS) is 1. The Bertz CT molecular complexity index is 385. The van der Waals surface area contributed by atoms with Gasteiger partial charge in [0, 0.05) is 25.8 Å². The molecule has 1 aliphatic rings. The smallest absolute Gasteiger partial charge is 0.325 e. The first-order valence-electron chi connectivity index (χ1n) is 7.31. The second-order valence-corrected chi connectivity index (χ2v) is 6.69. The molecule has 2 amide bonds. The number of amides is 2. The van der Waals surface area contributed by atoms with Crippen LogP contribution in [0.3, 0.4) is 0 Å². The van der Waals surface area contributed by atoms with Crippen molar-refractivity contribution in [3.05, 3.63) is 0 Å². The summed E-state index contributed by atoms with van der Waals surface area (Å²) in [6, 6.07) is -1.28. The molecule has 0 aromatic heterocycles. The van der Waals surface area contributed by atoms with Crippen molar-refractivity contribution in [3.63, 3.8) is 0 Å². The third kappa shape index (κ3) is 6.84. The van der Waals surface area contributed by atoms with E-state index in [-0.39, 0.29) is 11.1 Å². The quantitative estimate of drug-likeness (QED) is 0.714. The van der Waals surface area contributed by atoms with Crippen molar-refractivity contribution in [2.45, 2.75) is 45.6 Å². The number of carbonyl (C=O) groups is 3. The van der Waals surface area contributed by atoms with Crippen molar-refractivity contribution in [1.82, 2.24) is 10.2 Å². The SMILES string of the molecule is CC(=O)SCCN(CCC1CCC1)C(=O)NC(C)C(=O)O. The molecule has 0 bridgehead atoms. The summed E-state index contributed by atoms with van der Waals surface area (Å²) >= 11 is 1.18. The van der Waals surface area contributed by atoms with Crippen LogP contribution in [-0.2, 0) is 9.59 Å². The summed E-state index contributed by atoms with van der Waals surface area (Å²) in [5.41, 5.74) is 0. The van der Waals surface area contributed by atoms with E-state index < -0.39 is 12.0 Å². The van der Waals surface area contributed by atoms with Crippen molar-refractivity contribution >= 4 is 28.9 Å². The van der Waals surface area contributed by atoms with Crippen molar-refractivity contribution < 1.29 is 19.5 Å². The Labute approximate surface area is 129 Å². The van der Waals surface area contributed by atoms with Gasteiger partial charge in [-0.15, -0.1) is 0 Å². The number of carboxylic acids is 1. The summed E-state index contributed by atoms with van der Waals surface area (Å²) in [6.07, 6.45) is 4.62. The van der Waals surface area contributed by atoms with Crippen molar-refractivity contribution in [3.8, 4) is 0 Å². The summed E-state index contributed by atoms with van der Waals surface area (Å²) in [4.78, 5) is 35.5. The highest BCUT2D eigenvalue weighted by Gasteiger charge is 2.22. The van der Waals surface area contributed by atoms with Crippen molar-refractivity contribution in [2.24, 2.45) is 5.92 Å². The minimum absolute atomic E-state index is 0.0215. The van der Waals surface area contributed by atoms with Gasteiger partial charge in [-0.05, 0) is 19.3 Å². The normalized spacial score (nSPS) is 15.9. The van der Waals surface area contributed by atoms with E-state index in [0.29, 0.717) is 24.8 Å². The number of thioether (sulfide) groups is 1. The summed E-state index contributed by atoms with van der Waals surface area (Å²) in [5, 5.41) is 11.3. The third-order valence-electron chi connectivity index (χ3n) is 3.70. The molecule has 0 saturated heterocycles. The Morgan fingerprint density at radius 2 is 2.00 bits per heavy atom. The molecule has 6 nitrogen and oxygen atoms in total. The zero-order valence-electron chi connectivity index (χ0n) is 12.6. The molecule has 120 valence electrons. The van der Waals surface area contributed by atoms with Crippen LogP contribution in [0, 0.1) is 5.92 Å².